The van der Waals surface area contributed by atoms with Gasteiger partial charge in [-0.15, -0.1) is 12.4 Å². The predicted molar refractivity (Wildman–Crippen MR) is 80.3 cm³/mol. The lowest BCUT2D eigenvalue weighted by atomic mass is 10.2. The number of thioether (sulfide) groups is 1. The van der Waals surface area contributed by atoms with E-state index in [0.717, 1.165) is 29.7 Å². The SMILES string of the molecule is COc1ccccc1NC1(O)CSC2=NCCN21.Cl. The fraction of sp³-hybridized carbons (Fsp3) is 0.417. The van der Waals surface area contributed by atoms with Gasteiger partial charge in [0.25, 0.3) is 0 Å². The summed E-state index contributed by atoms with van der Waals surface area (Å²) >= 11 is 1.58. The number of methoxy groups -OCH3 is 1. The molecule has 2 aliphatic heterocycles. The standard InChI is InChI=1S/C12H15N3O2S.ClH/c1-17-10-5-3-2-4-9(10)14-12(16)8-18-11-13-6-7-15(11)12;/h2-5,14,16H,6-8H2,1H3;1H. The first-order valence-electron chi connectivity index (χ1n) is 5.81. The number of anilines is 1. The number of benzene rings is 1. The Morgan fingerprint density at radius 3 is 3.05 bits per heavy atom. The quantitative estimate of drug-likeness (QED) is 0.831. The third-order valence-corrected chi connectivity index (χ3v) is 4.25. The van der Waals surface area contributed by atoms with Crippen LogP contribution in [-0.2, 0) is 0 Å². The normalized spacial score (nSPS) is 24.5. The van der Waals surface area contributed by atoms with Crippen LogP contribution in [0.15, 0.2) is 29.3 Å². The Balaban J connectivity index is 0.00000133. The number of halogens is 1. The first-order chi connectivity index (χ1) is 8.73. The Bertz CT molecular complexity index is 500. The Kier molecular flexibility index (Phi) is 4.13. The van der Waals surface area contributed by atoms with Crippen LogP contribution in [0.1, 0.15) is 0 Å². The van der Waals surface area contributed by atoms with Gasteiger partial charge < -0.3 is 20.1 Å². The van der Waals surface area contributed by atoms with Crippen molar-refractivity contribution in [3.05, 3.63) is 24.3 Å². The Morgan fingerprint density at radius 1 is 1.47 bits per heavy atom. The lowest BCUT2D eigenvalue weighted by Gasteiger charge is -2.33. The van der Waals surface area contributed by atoms with Crippen molar-refractivity contribution in [1.29, 1.82) is 0 Å². The Hall–Kier alpha value is -1.11. The molecule has 7 heteroatoms. The molecule has 1 aromatic rings. The van der Waals surface area contributed by atoms with E-state index in [1.807, 2.05) is 29.2 Å². The van der Waals surface area contributed by atoms with Gasteiger partial charge in [-0.05, 0) is 12.1 Å². The van der Waals surface area contributed by atoms with Gasteiger partial charge in [0.2, 0.25) is 5.85 Å². The maximum atomic E-state index is 10.7. The zero-order valence-electron chi connectivity index (χ0n) is 10.5. The molecule has 1 saturated heterocycles. The summed E-state index contributed by atoms with van der Waals surface area (Å²) in [6, 6.07) is 7.58. The third kappa shape index (κ3) is 2.48. The molecule has 0 saturated carbocycles. The summed E-state index contributed by atoms with van der Waals surface area (Å²) in [5, 5.41) is 14.8. The van der Waals surface area contributed by atoms with Gasteiger partial charge >= 0.3 is 0 Å². The monoisotopic (exact) mass is 301 g/mol. The smallest absolute Gasteiger partial charge is 0.228 e. The van der Waals surface area contributed by atoms with Crippen molar-refractivity contribution in [2.24, 2.45) is 4.99 Å². The van der Waals surface area contributed by atoms with Crippen LogP contribution in [0.4, 0.5) is 5.69 Å². The van der Waals surface area contributed by atoms with Crippen molar-refractivity contribution < 1.29 is 9.84 Å². The van der Waals surface area contributed by atoms with Crippen LogP contribution in [-0.4, -0.2) is 47.0 Å². The van der Waals surface area contributed by atoms with Crippen molar-refractivity contribution in [2.75, 3.05) is 31.3 Å². The van der Waals surface area contributed by atoms with Gasteiger partial charge in [0.1, 0.15) is 5.75 Å². The highest BCUT2D eigenvalue weighted by molar-refractivity contribution is 8.14. The molecule has 2 N–H and O–H groups in total. The van der Waals surface area contributed by atoms with Crippen LogP contribution in [0.25, 0.3) is 0 Å². The van der Waals surface area contributed by atoms with Gasteiger partial charge in [0, 0.05) is 6.54 Å². The molecule has 0 aliphatic carbocycles. The van der Waals surface area contributed by atoms with Gasteiger partial charge in [0.15, 0.2) is 5.17 Å². The Labute approximate surface area is 122 Å². The highest BCUT2D eigenvalue weighted by Gasteiger charge is 2.45. The topological polar surface area (TPSA) is 57.1 Å². The molecule has 0 radical (unpaired) electrons. The number of amidine groups is 1. The summed E-state index contributed by atoms with van der Waals surface area (Å²) in [6.45, 7) is 1.50. The lowest BCUT2D eigenvalue weighted by Crippen LogP contribution is -2.52. The summed E-state index contributed by atoms with van der Waals surface area (Å²) in [7, 11) is 1.62. The van der Waals surface area contributed by atoms with E-state index >= 15 is 0 Å². The van der Waals surface area contributed by atoms with Crippen LogP contribution in [0.3, 0.4) is 0 Å². The van der Waals surface area contributed by atoms with E-state index in [-0.39, 0.29) is 12.4 Å². The van der Waals surface area contributed by atoms with E-state index in [9.17, 15) is 5.11 Å². The minimum absolute atomic E-state index is 0. The third-order valence-electron chi connectivity index (χ3n) is 3.09. The average Bonchev–Trinajstić information content (AvgIpc) is 2.95. The molecule has 1 aromatic carbocycles. The molecule has 3 rings (SSSR count). The molecular weight excluding hydrogens is 286 g/mol. The van der Waals surface area contributed by atoms with Gasteiger partial charge in [0.05, 0.1) is 25.1 Å². The number of hydrogen-bond donors (Lipinski definition) is 2. The molecule has 1 fully saturated rings. The first kappa shape index (κ1) is 14.3. The minimum Gasteiger partial charge on any atom is -0.495 e. The summed E-state index contributed by atoms with van der Waals surface area (Å²) in [5.74, 6) is 0.207. The van der Waals surface area contributed by atoms with Crippen LogP contribution >= 0.6 is 24.2 Å². The molecule has 104 valence electrons. The van der Waals surface area contributed by atoms with Gasteiger partial charge in [-0.25, -0.2) is 0 Å². The van der Waals surface area contributed by atoms with Crippen molar-refractivity contribution >= 4 is 35.0 Å². The molecule has 0 aromatic heterocycles. The summed E-state index contributed by atoms with van der Waals surface area (Å²) in [5.41, 5.74) is 0.788. The number of ether oxygens (including phenoxy) is 1. The van der Waals surface area contributed by atoms with Crippen molar-refractivity contribution in [1.82, 2.24) is 4.90 Å². The second-order valence-corrected chi connectivity index (χ2v) is 5.19. The second-order valence-electron chi connectivity index (χ2n) is 4.25. The second kappa shape index (κ2) is 5.48. The summed E-state index contributed by atoms with van der Waals surface area (Å²) in [4.78, 5) is 6.26. The van der Waals surface area contributed by atoms with Crippen molar-refractivity contribution in [3.63, 3.8) is 0 Å². The van der Waals surface area contributed by atoms with Gasteiger partial charge in [-0.1, -0.05) is 23.9 Å². The maximum absolute atomic E-state index is 10.7. The van der Waals surface area contributed by atoms with Crippen molar-refractivity contribution in [3.8, 4) is 5.75 Å². The highest BCUT2D eigenvalue weighted by atomic mass is 35.5. The van der Waals surface area contributed by atoms with Crippen LogP contribution in [0.5, 0.6) is 5.75 Å². The van der Waals surface area contributed by atoms with E-state index in [2.05, 4.69) is 10.3 Å². The number of nitrogens with one attached hydrogen (secondary N) is 1. The molecular formula is C12H16ClN3O2S. The number of fused-ring (bicyclic) bond motifs is 1. The summed E-state index contributed by atoms with van der Waals surface area (Å²) < 4.78 is 5.28. The van der Waals surface area contributed by atoms with E-state index in [0.29, 0.717) is 5.75 Å². The molecule has 5 nitrogen and oxygen atoms in total. The van der Waals surface area contributed by atoms with Crippen LogP contribution in [0.2, 0.25) is 0 Å². The molecule has 2 heterocycles. The largest absolute Gasteiger partial charge is 0.495 e. The Morgan fingerprint density at radius 2 is 2.26 bits per heavy atom. The number of rotatable bonds is 3. The number of aliphatic imine (C=N–C) groups is 1. The van der Waals surface area contributed by atoms with Gasteiger partial charge in [-0.3, -0.25) is 4.99 Å². The molecule has 1 atom stereocenters. The molecule has 0 bridgehead atoms. The number of aliphatic hydroxyl groups is 1. The van der Waals surface area contributed by atoms with E-state index in [1.165, 1.54) is 0 Å². The van der Waals surface area contributed by atoms with Gasteiger partial charge in [-0.2, -0.15) is 0 Å². The zero-order chi connectivity index (χ0) is 12.6. The predicted octanol–water partition coefficient (Wildman–Crippen LogP) is 1.59. The van der Waals surface area contributed by atoms with E-state index < -0.39 is 5.85 Å². The van der Waals surface area contributed by atoms with Crippen LogP contribution < -0.4 is 10.1 Å². The first-order valence-corrected chi connectivity index (χ1v) is 6.80. The highest BCUT2D eigenvalue weighted by Crippen LogP contribution is 2.36. The molecule has 1 unspecified atom stereocenters. The van der Waals surface area contributed by atoms with E-state index in [4.69, 9.17) is 4.74 Å². The minimum atomic E-state index is -1.07. The number of hydrogen-bond acceptors (Lipinski definition) is 6. The number of nitrogens with zero attached hydrogens (tertiary/aromatic N) is 2. The fourth-order valence-electron chi connectivity index (χ4n) is 2.20. The molecule has 2 aliphatic rings. The van der Waals surface area contributed by atoms with Crippen LogP contribution in [0, 0.1) is 0 Å². The molecule has 0 spiro atoms. The average molecular weight is 302 g/mol. The molecule has 19 heavy (non-hydrogen) atoms. The zero-order valence-corrected chi connectivity index (χ0v) is 12.1. The fourth-order valence-corrected chi connectivity index (χ4v) is 3.34. The van der Waals surface area contributed by atoms with E-state index in [1.54, 1.807) is 18.9 Å². The molecule has 0 amide bonds. The summed E-state index contributed by atoms with van der Waals surface area (Å²) in [6.07, 6.45) is 0. The van der Waals surface area contributed by atoms with Crippen molar-refractivity contribution in [2.45, 2.75) is 5.85 Å². The number of para-hydroxylation sites is 2. The maximum Gasteiger partial charge on any atom is 0.228 e. The lowest BCUT2D eigenvalue weighted by molar-refractivity contribution is -0.00958.